The fraction of sp³-hybridized carbons (Fsp3) is 0.257. The lowest BCUT2D eigenvalue weighted by Crippen LogP contribution is -2.10. The van der Waals surface area contributed by atoms with Crippen LogP contribution in [0, 0.1) is 6.92 Å². The molecular formula is C35H38N6O. The molecule has 0 amide bonds. The molecule has 0 aliphatic carbocycles. The molecule has 42 heavy (non-hydrogen) atoms. The van der Waals surface area contributed by atoms with Gasteiger partial charge in [-0.15, -0.1) is 0 Å². The summed E-state index contributed by atoms with van der Waals surface area (Å²) in [4.78, 5) is 13.3. The van der Waals surface area contributed by atoms with Gasteiger partial charge in [-0.1, -0.05) is 77.0 Å². The van der Waals surface area contributed by atoms with Crippen molar-refractivity contribution in [3.63, 3.8) is 0 Å². The maximum Gasteiger partial charge on any atom is 0.132 e. The first-order chi connectivity index (χ1) is 19.8. The Hall–Kier alpha value is -4.78. The van der Waals surface area contributed by atoms with Crippen molar-refractivity contribution in [3.8, 4) is 22.3 Å². The number of aromatic nitrogens is 4. The maximum absolute atomic E-state index is 6.14. The van der Waals surface area contributed by atoms with Crippen LogP contribution < -0.4 is 11.5 Å². The van der Waals surface area contributed by atoms with E-state index in [0.29, 0.717) is 11.6 Å². The Morgan fingerprint density at radius 2 is 1.21 bits per heavy atom. The summed E-state index contributed by atoms with van der Waals surface area (Å²) in [5.41, 5.74) is 21.3. The molecule has 0 radical (unpaired) electrons. The molecule has 6 rings (SSSR count). The number of hydrogen-bond donors (Lipinski definition) is 2. The Kier molecular flexibility index (Phi) is 7.45. The van der Waals surface area contributed by atoms with Gasteiger partial charge in [-0.25, -0.2) is 9.97 Å². The Labute approximate surface area is 247 Å². The number of benzene rings is 2. The van der Waals surface area contributed by atoms with Crippen LogP contribution in [0.25, 0.3) is 44.1 Å². The summed E-state index contributed by atoms with van der Waals surface area (Å²) in [6.07, 6.45) is 5.17. The first kappa shape index (κ1) is 28.7. The van der Waals surface area contributed by atoms with Gasteiger partial charge in [0.15, 0.2) is 0 Å². The zero-order valence-corrected chi connectivity index (χ0v) is 25.4. The van der Waals surface area contributed by atoms with Crippen LogP contribution in [0.3, 0.4) is 0 Å². The molecule has 0 saturated carbocycles. The van der Waals surface area contributed by atoms with E-state index < -0.39 is 0 Å². The van der Waals surface area contributed by atoms with E-state index in [1.807, 2.05) is 31.3 Å². The molecule has 7 nitrogen and oxygen atoms in total. The number of fused-ring (bicyclic) bond motifs is 2. The Morgan fingerprint density at radius 1 is 0.667 bits per heavy atom. The summed E-state index contributed by atoms with van der Waals surface area (Å²) >= 11 is 0. The van der Waals surface area contributed by atoms with E-state index in [-0.39, 0.29) is 10.8 Å². The fourth-order valence-electron chi connectivity index (χ4n) is 4.82. The zero-order chi connectivity index (χ0) is 30.2. The molecule has 0 spiro atoms. The van der Waals surface area contributed by atoms with Crippen LogP contribution in [0.5, 0.6) is 0 Å². The molecular weight excluding hydrogens is 520 g/mol. The van der Waals surface area contributed by atoms with Crippen LogP contribution in [0.1, 0.15) is 58.4 Å². The van der Waals surface area contributed by atoms with Crippen molar-refractivity contribution in [1.29, 1.82) is 0 Å². The number of hydrogen-bond acceptors (Lipinski definition) is 7. The third kappa shape index (κ3) is 5.96. The Balaban J connectivity index is 0.000000168. The van der Waals surface area contributed by atoms with E-state index in [4.69, 9.17) is 16.0 Å². The fourth-order valence-corrected chi connectivity index (χ4v) is 4.82. The van der Waals surface area contributed by atoms with Crippen molar-refractivity contribution in [3.05, 3.63) is 96.1 Å². The molecule has 0 unspecified atom stereocenters. The highest BCUT2D eigenvalue weighted by atomic mass is 16.5. The second kappa shape index (κ2) is 10.9. The summed E-state index contributed by atoms with van der Waals surface area (Å²) in [7, 11) is 0. The summed E-state index contributed by atoms with van der Waals surface area (Å²) in [6, 6.07) is 20.8. The van der Waals surface area contributed by atoms with Gasteiger partial charge in [0.25, 0.3) is 0 Å². The molecule has 2 aromatic carbocycles. The van der Waals surface area contributed by atoms with Gasteiger partial charge in [-0.2, -0.15) is 0 Å². The average molecular weight is 559 g/mol. The van der Waals surface area contributed by atoms with Crippen LogP contribution >= 0.6 is 0 Å². The van der Waals surface area contributed by atoms with E-state index in [1.165, 1.54) is 11.1 Å². The van der Waals surface area contributed by atoms with Gasteiger partial charge in [-0.3, -0.25) is 4.98 Å². The lowest BCUT2D eigenvalue weighted by Gasteiger charge is -2.19. The number of rotatable bonds is 2. The third-order valence-electron chi connectivity index (χ3n) is 7.44. The summed E-state index contributed by atoms with van der Waals surface area (Å²) in [6.45, 7) is 15.0. The molecule has 4 N–H and O–H groups in total. The van der Waals surface area contributed by atoms with Crippen LogP contribution in [-0.2, 0) is 10.8 Å². The molecule has 0 aliphatic rings. The van der Waals surface area contributed by atoms with E-state index in [2.05, 4.69) is 104 Å². The Bertz CT molecular complexity index is 1880. The standard InChI is InChI=1S/C18H19N3.C17H19N3O/c1-18(2,3)14-7-6-12-9-15(13-5-4-8-20-11-13)17(19)21-16(12)10-14;1-10-14(9-21-20-10)13-7-11-5-6-12(17(2,3)4)8-15(11)19-16(13)18/h4-11H,1-3H3,(H2,19,21);5-9H,1-4H3,(H2,18,19). The molecule has 0 atom stereocenters. The molecule has 0 fully saturated rings. The second-order valence-corrected chi connectivity index (χ2v) is 12.7. The lowest BCUT2D eigenvalue weighted by molar-refractivity contribution is 0.415. The molecule has 4 aromatic heterocycles. The van der Waals surface area contributed by atoms with Crippen molar-refractivity contribution >= 4 is 33.4 Å². The van der Waals surface area contributed by atoms with Crippen LogP contribution in [-0.4, -0.2) is 20.1 Å². The van der Waals surface area contributed by atoms with E-state index in [1.54, 1.807) is 12.5 Å². The van der Waals surface area contributed by atoms with Gasteiger partial charge in [0.1, 0.15) is 17.9 Å². The largest absolute Gasteiger partial charge is 0.383 e. The number of nitrogens with zero attached hydrogens (tertiary/aromatic N) is 4. The van der Waals surface area contributed by atoms with E-state index >= 15 is 0 Å². The maximum atomic E-state index is 6.14. The highest BCUT2D eigenvalue weighted by molar-refractivity contribution is 5.90. The zero-order valence-electron chi connectivity index (χ0n) is 25.4. The SMILES string of the molecule is CC(C)(C)c1ccc2cc(-c3cccnc3)c(N)nc2c1.Cc1nocc1-c1cc2ccc(C(C)(C)C)cc2nc1N. The predicted octanol–water partition coefficient (Wildman–Crippen LogP) is 8.25. The number of nitrogen functional groups attached to an aromatic ring is 2. The number of nitrogens with two attached hydrogens (primary N) is 2. The number of anilines is 2. The van der Waals surface area contributed by atoms with E-state index in [9.17, 15) is 0 Å². The number of pyridine rings is 3. The Morgan fingerprint density at radius 3 is 1.69 bits per heavy atom. The summed E-state index contributed by atoms with van der Waals surface area (Å²) < 4.78 is 5.00. The predicted molar refractivity (Wildman–Crippen MR) is 173 cm³/mol. The van der Waals surface area contributed by atoms with Gasteiger partial charge in [0.2, 0.25) is 0 Å². The van der Waals surface area contributed by atoms with Gasteiger partial charge in [0.05, 0.1) is 16.7 Å². The quantitative estimate of drug-likeness (QED) is 0.220. The lowest BCUT2D eigenvalue weighted by atomic mass is 9.86. The normalized spacial score (nSPS) is 11.9. The average Bonchev–Trinajstić information content (AvgIpc) is 3.37. The van der Waals surface area contributed by atoms with Gasteiger partial charge in [-0.05, 0) is 59.2 Å². The van der Waals surface area contributed by atoms with Crippen molar-refractivity contribution in [2.24, 2.45) is 0 Å². The second-order valence-electron chi connectivity index (χ2n) is 12.7. The van der Waals surface area contributed by atoms with Crippen molar-refractivity contribution in [1.82, 2.24) is 20.1 Å². The summed E-state index contributed by atoms with van der Waals surface area (Å²) in [5, 5.41) is 6.06. The first-order valence-electron chi connectivity index (χ1n) is 14.0. The minimum Gasteiger partial charge on any atom is -0.383 e. The summed E-state index contributed by atoms with van der Waals surface area (Å²) in [5.74, 6) is 1.04. The van der Waals surface area contributed by atoms with Crippen molar-refractivity contribution in [2.75, 3.05) is 11.5 Å². The molecule has 0 saturated heterocycles. The van der Waals surface area contributed by atoms with Gasteiger partial charge < -0.3 is 16.0 Å². The highest BCUT2D eigenvalue weighted by Gasteiger charge is 2.17. The topological polar surface area (TPSA) is 117 Å². The number of aryl methyl sites for hydroxylation is 1. The molecule has 214 valence electrons. The third-order valence-corrected chi connectivity index (χ3v) is 7.44. The van der Waals surface area contributed by atoms with Gasteiger partial charge in [0, 0.05) is 45.4 Å². The minimum atomic E-state index is 0.0916. The van der Waals surface area contributed by atoms with Gasteiger partial charge >= 0.3 is 0 Å². The molecule has 0 aliphatic heterocycles. The highest BCUT2D eigenvalue weighted by Crippen LogP contribution is 2.33. The monoisotopic (exact) mass is 558 g/mol. The smallest absolute Gasteiger partial charge is 0.132 e. The molecule has 4 heterocycles. The first-order valence-corrected chi connectivity index (χ1v) is 14.0. The van der Waals surface area contributed by atoms with Crippen LogP contribution in [0.2, 0.25) is 0 Å². The molecule has 0 bridgehead atoms. The minimum absolute atomic E-state index is 0.0916. The van der Waals surface area contributed by atoms with E-state index in [0.717, 1.165) is 49.8 Å². The molecule has 7 heteroatoms. The van der Waals surface area contributed by atoms with Crippen molar-refractivity contribution in [2.45, 2.75) is 59.3 Å². The van der Waals surface area contributed by atoms with Crippen LogP contribution in [0.4, 0.5) is 11.6 Å². The van der Waals surface area contributed by atoms with Crippen LogP contribution in [0.15, 0.2) is 83.8 Å². The molecule has 6 aromatic rings. The van der Waals surface area contributed by atoms with Crippen molar-refractivity contribution < 1.29 is 4.52 Å².